The van der Waals surface area contributed by atoms with Crippen molar-refractivity contribution in [1.82, 2.24) is 4.90 Å². The molecule has 30 heavy (non-hydrogen) atoms. The number of nitrogens with zero attached hydrogens (tertiary/aromatic N) is 1. The van der Waals surface area contributed by atoms with Crippen LogP contribution in [0, 0.1) is 0 Å². The van der Waals surface area contributed by atoms with Crippen LogP contribution in [0.2, 0.25) is 0 Å². The molecule has 0 bridgehead atoms. The molecular formula is C28H23NO. The largest absolute Gasteiger partial charge is 0.457 e. The molecular weight excluding hydrogens is 366 g/mol. The van der Waals surface area contributed by atoms with Crippen molar-refractivity contribution in [3.8, 4) is 22.6 Å². The average Bonchev–Trinajstić information content (AvgIpc) is 3.05. The third kappa shape index (κ3) is 2.23. The molecule has 0 saturated heterocycles. The first kappa shape index (κ1) is 17.5. The molecule has 0 fully saturated rings. The summed E-state index contributed by atoms with van der Waals surface area (Å²) in [6.07, 6.45) is 0. The number of rotatable bonds is 2. The molecule has 146 valence electrons. The predicted molar refractivity (Wildman–Crippen MR) is 121 cm³/mol. The van der Waals surface area contributed by atoms with Gasteiger partial charge in [-0.3, -0.25) is 0 Å². The van der Waals surface area contributed by atoms with Crippen molar-refractivity contribution in [1.29, 1.82) is 0 Å². The number of ether oxygens (including phenoxy) is 1. The summed E-state index contributed by atoms with van der Waals surface area (Å²) < 4.78 is 6.36. The smallest absolute Gasteiger partial charge is 0.132 e. The lowest BCUT2D eigenvalue weighted by Gasteiger charge is -2.39. The lowest BCUT2D eigenvalue weighted by atomic mass is 9.66. The van der Waals surface area contributed by atoms with Crippen molar-refractivity contribution in [2.45, 2.75) is 12.0 Å². The van der Waals surface area contributed by atoms with E-state index in [1.807, 2.05) is 0 Å². The molecule has 4 aromatic rings. The first-order valence-corrected chi connectivity index (χ1v) is 10.4. The second-order valence-corrected chi connectivity index (χ2v) is 8.51. The van der Waals surface area contributed by atoms with Crippen molar-refractivity contribution in [2.24, 2.45) is 0 Å². The molecule has 1 spiro atoms. The maximum Gasteiger partial charge on any atom is 0.132 e. The molecule has 0 atom stereocenters. The Morgan fingerprint density at radius 2 is 1.20 bits per heavy atom. The van der Waals surface area contributed by atoms with E-state index in [4.69, 9.17) is 4.74 Å². The van der Waals surface area contributed by atoms with Crippen molar-refractivity contribution in [3.05, 3.63) is 119 Å². The fourth-order valence-corrected chi connectivity index (χ4v) is 5.37. The summed E-state index contributed by atoms with van der Waals surface area (Å²) in [6, 6.07) is 32.9. The van der Waals surface area contributed by atoms with E-state index < -0.39 is 0 Å². The number of fused-ring (bicyclic) bond motifs is 9. The van der Waals surface area contributed by atoms with Crippen LogP contribution in [0.15, 0.2) is 91.0 Å². The van der Waals surface area contributed by atoms with E-state index in [0.717, 1.165) is 18.0 Å². The van der Waals surface area contributed by atoms with Gasteiger partial charge >= 0.3 is 0 Å². The summed E-state index contributed by atoms with van der Waals surface area (Å²) in [4.78, 5) is 2.22. The molecule has 2 heteroatoms. The minimum absolute atomic E-state index is 0.353. The monoisotopic (exact) mass is 389 g/mol. The van der Waals surface area contributed by atoms with Gasteiger partial charge in [0.05, 0.1) is 5.41 Å². The van der Waals surface area contributed by atoms with Crippen molar-refractivity contribution in [3.63, 3.8) is 0 Å². The van der Waals surface area contributed by atoms with Crippen LogP contribution in [0.3, 0.4) is 0 Å². The number of hydrogen-bond acceptors (Lipinski definition) is 2. The standard InChI is InChI=1S/C28H23NO/c1-29(2)18-19-15-16-23-21(17-19)20-9-3-4-10-22(20)28(23)24-11-5-7-13-26(24)30-27-14-8-6-12-25(27)28/h3-17H,18H2,1-2H3. The lowest BCUT2D eigenvalue weighted by Crippen LogP contribution is -2.32. The molecule has 0 unspecified atom stereocenters. The molecule has 0 N–H and O–H groups in total. The topological polar surface area (TPSA) is 12.5 Å². The summed E-state index contributed by atoms with van der Waals surface area (Å²) in [5.41, 5.74) is 8.74. The predicted octanol–water partition coefficient (Wildman–Crippen LogP) is 6.22. The summed E-state index contributed by atoms with van der Waals surface area (Å²) in [7, 11) is 4.24. The number of benzene rings is 4. The second kappa shape index (κ2) is 6.32. The normalized spacial score (nSPS) is 14.6. The van der Waals surface area contributed by atoms with Crippen molar-refractivity contribution < 1.29 is 4.74 Å². The molecule has 2 nitrogen and oxygen atoms in total. The van der Waals surface area contributed by atoms with Crippen molar-refractivity contribution >= 4 is 0 Å². The Balaban J connectivity index is 1.75. The van der Waals surface area contributed by atoms with Gasteiger partial charge in [-0.15, -0.1) is 0 Å². The lowest BCUT2D eigenvalue weighted by molar-refractivity contribution is 0.402. The van der Waals surface area contributed by atoms with Gasteiger partial charge in [0.25, 0.3) is 0 Å². The van der Waals surface area contributed by atoms with E-state index in [2.05, 4.69) is 110 Å². The molecule has 2 aliphatic rings. The van der Waals surface area contributed by atoms with Gasteiger partial charge in [0, 0.05) is 17.7 Å². The van der Waals surface area contributed by atoms with Crippen LogP contribution in [-0.4, -0.2) is 19.0 Å². The Labute approximate surface area is 177 Å². The number of para-hydroxylation sites is 2. The highest BCUT2D eigenvalue weighted by Gasteiger charge is 2.50. The first-order chi connectivity index (χ1) is 14.7. The van der Waals surface area contributed by atoms with E-state index in [0.29, 0.717) is 0 Å². The summed E-state index contributed by atoms with van der Waals surface area (Å²) in [6.45, 7) is 0.929. The van der Waals surface area contributed by atoms with Gasteiger partial charge < -0.3 is 9.64 Å². The third-order valence-corrected chi connectivity index (χ3v) is 6.41. The maximum absolute atomic E-state index is 6.36. The minimum atomic E-state index is -0.353. The van der Waals surface area contributed by atoms with E-state index >= 15 is 0 Å². The Hall–Kier alpha value is -3.36. The third-order valence-electron chi connectivity index (χ3n) is 6.41. The summed E-state index contributed by atoms with van der Waals surface area (Å²) in [5, 5.41) is 0. The molecule has 1 heterocycles. The fourth-order valence-electron chi connectivity index (χ4n) is 5.37. The molecule has 6 rings (SSSR count). The van der Waals surface area contributed by atoms with Crippen LogP contribution >= 0.6 is 0 Å². The molecule has 1 aliphatic carbocycles. The molecule has 0 radical (unpaired) electrons. The van der Waals surface area contributed by atoms with E-state index in [1.165, 1.54) is 38.9 Å². The minimum Gasteiger partial charge on any atom is -0.457 e. The summed E-state index contributed by atoms with van der Waals surface area (Å²) in [5.74, 6) is 1.88. The van der Waals surface area contributed by atoms with Gasteiger partial charge in [-0.25, -0.2) is 0 Å². The van der Waals surface area contributed by atoms with Gasteiger partial charge in [-0.1, -0.05) is 72.8 Å². The Morgan fingerprint density at radius 1 is 0.633 bits per heavy atom. The highest BCUT2D eigenvalue weighted by molar-refractivity contribution is 5.88. The van der Waals surface area contributed by atoms with Gasteiger partial charge in [-0.05, 0) is 60.1 Å². The van der Waals surface area contributed by atoms with Crippen LogP contribution in [0.4, 0.5) is 0 Å². The van der Waals surface area contributed by atoms with Crippen LogP contribution in [0.1, 0.15) is 27.8 Å². The fraction of sp³-hybridized carbons (Fsp3) is 0.143. The molecule has 4 aromatic carbocycles. The van der Waals surface area contributed by atoms with Crippen LogP contribution in [-0.2, 0) is 12.0 Å². The molecule has 0 saturated carbocycles. The average molecular weight is 389 g/mol. The van der Waals surface area contributed by atoms with E-state index in [9.17, 15) is 0 Å². The maximum atomic E-state index is 6.36. The van der Waals surface area contributed by atoms with Crippen LogP contribution in [0.5, 0.6) is 11.5 Å². The van der Waals surface area contributed by atoms with Crippen LogP contribution < -0.4 is 4.74 Å². The van der Waals surface area contributed by atoms with Crippen LogP contribution in [0.25, 0.3) is 11.1 Å². The Morgan fingerprint density at radius 3 is 1.87 bits per heavy atom. The molecule has 0 amide bonds. The zero-order valence-corrected chi connectivity index (χ0v) is 17.2. The highest BCUT2D eigenvalue weighted by Crippen LogP contribution is 2.61. The Kier molecular flexibility index (Phi) is 3.68. The SMILES string of the molecule is CN(C)Cc1ccc2c(c1)-c1ccccc1C21c2ccccc2Oc2ccccc21. The zero-order chi connectivity index (χ0) is 20.3. The van der Waals surface area contributed by atoms with E-state index in [1.54, 1.807) is 0 Å². The molecule has 1 aliphatic heterocycles. The zero-order valence-electron chi connectivity index (χ0n) is 17.2. The van der Waals surface area contributed by atoms with Gasteiger partial charge in [0.2, 0.25) is 0 Å². The first-order valence-electron chi connectivity index (χ1n) is 10.4. The van der Waals surface area contributed by atoms with Gasteiger partial charge in [-0.2, -0.15) is 0 Å². The van der Waals surface area contributed by atoms with E-state index in [-0.39, 0.29) is 5.41 Å². The highest BCUT2D eigenvalue weighted by atomic mass is 16.5. The van der Waals surface area contributed by atoms with Gasteiger partial charge in [0.15, 0.2) is 0 Å². The quantitative estimate of drug-likeness (QED) is 0.349. The summed E-state index contributed by atoms with van der Waals surface area (Å²) >= 11 is 0. The second-order valence-electron chi connectivity index (χ2n) is 8.51. The molecule has 0 aromatic heterocycles. The number of hydrogen-bond donors (Lipinski definition) is 0. The Bertz CT molecular complexity index is 1240. The van der Waals surface area contributed by atoms with Gasteiger partial charge in [0.1, 0.15) is 11.5 Å². The van der Waals surface area contributed by atoms with Crippen molar-refractivity contribution in [2.75, 3.05) is 14.1 Å².